The van der Waals surface area contributed by atoms with Crippen molar-refractivity contribution in [3.05, 3.63) is 40.7 Å². The van der Waals surface area contributed by atoms with Gasteiger partial charge in [-0.05, 0) is 43.9 Å². The van der Waals surface area contributed by atoms with Gasteiger partial charge in [0.1, 0.15) is 5.82 Å². The largest absolute Gasteiger partial charge is 0.478 e. The summed E-state index contributed by atoms with van der Waals surface area (Å²) < 4.78 is 5.63. The molecule has 3 rings (SSSR count). The number of aromatic nitrogens is 2. The molecule has 1 atom stereocenters. The van der Waals surface area contributed by atoms with Crippen LogP contribution in [-0.4, -0.2) is 27.7 Å². The molecule has 21 heavy (non-hydrogen) atoms. The number of imidazole rings is 1. The van der Waals surface area contributed by atoms with Crippen molar-refractivity contribution in [1.29, 1.82) is 0 Å². The number of hydrogen-bond acceptors (Lipinski definition) is 3. The molecule has 0 saturated carbocycles. The predicted octanol–water partition coefficient (Wildman–Crippen LogP) is 3.24. The quantitative estimate of drug-likeness (QED) is 0.908. The molecule has 5 heteroatoms. The first-order chi connectivity index (χ1) is 10.1. The van der Waals surface area contributed by atoms with Crippen LogP contribution >= 0.6 is 0 Å². The highest BCUT2D eigenvalue weighted by molar-refractivity contribution is 5.91. The summed E-state index contributed by atoms with van der Waals surface area (Å²) in [5.41, 5.74) is 3.85. The van der Waals surface area contributed by atoms with Crippen molar-refractivity contribution < 1.29 is 14.6 Å². The molecule has 1 saturated heterocycles. The van der Waals surface area contributed by atoms with Crippen molar-refractivity contribution in [2.75, 3.05) is 6.61 Å². The maximum Gasteiger partial charge on any atom is 0.335 e. The summed E-state index contributed by atoms with van der Waals surface area (Å²) in [6, 6.07) is 3.57. The Hall–Kier alpha value is -2.14. The lowest BCUT2D eigenvalue weighted by Gasteiger charge is -2.09. The number of rotatable bonds is 3. The van der Waals surface area contributed by atoms with Gasteiger partial charge in [0.2, 0.25) is 0 Å². The molecule has 1 aromatic carbocycles. The van der Waals surface area contributed by atoms with Crippen molar-refractivity contribution in [2.45, 2.75) is 32.8 Å². The van der Waals surface area contributed by atoms with Crippen LogP contribution in [0.4, 0.5) is 0 Å². The second kappa shape index (κ2) is 5.33. The standard InChI is InChI=1S/C16H18N2O3/c1-9-6-10(2)12(16(19)20)7-11(9)15-17-8-13(18-15)14-4-3-5-21-14/h6-8,14H,3-5H2,1-2H3,(H,17,18)(H,19,20). The lowest BCUT2D eigenvalue weighted by molar-refractivity contribution is 0.0696. The van der Waals surface area contributed by atoms with Crippen LogP contribution < -0.4 is 0 Å². The Balaban J connectivity index is 2.00. The molecule has 1 aliphatic rings. The Labute approximate surface area is 123 Å². The number of aryl methyl sites for hydroxylation is 2. The zero-order chi connectivity index (χ0) is 15.0. The molecule has 5 nitrogen and oxygen atoms in total. The molecule has 0 amide bonds. The third kappa shape index (κ3) is 2.56. The smallest absolute Gasteiger partial charge is 0.335 e. The summed E-state index contributed by atoms with van der Waals surface area (Å²) in [4.78, 5) is 18.9. The maximum absolute atomic E-state index is 11.3. The number of nitrogens with one attached hydrogen (secondary N) is 1. The number of carboxylic acid groups (broad SMARTS) is 1. The Bertz CT molecular complexity index is 685. The third-order valence-corrected chi connectivity index (χ3v) is 3.93. The summed E-state index contributed by atoms with van der Waals surface area (Å²) in [7, 11) is 0. The first-order valence-corrected chi connectivity index (χ1v) is 7.07. The number of ether oxygens (including phenoxy) is 1. The Morgan fingerprint density at radius 2 is 2.19 bits per heavy atom. The third-order valence-electron chi connectivity index (χ3n) is 3.93. The summed E-state index contributed by atoms with van der Waals surface area (Å²) in [6.07, 6.45) is 3.92. The van der Waals surface area contributed by atoms with E-state index >= 15 is 0 Å². The van der Waals surface area contributed by atoms with Crippen LogP contribution in [0.3, 0.4) is 0 Å². The van der Waals surface area contributed by atoms with Gasteiger partial charge in [0.05, 0.1) is 23.6 Å². The lowest BCUT2D eigenvalue weighted by atomic mass is 9.99. The fraction of sp³-hybridized carbons (Fsp3) is 0.375. The first-order valence-electron chi connectivity index (χ1n) is 7.07. The molecular weight excluding hydrogens is 268 g/mol. The minimum Gasteiger partial charge on any atom is -0.478 e. The molecule has 0 bridgehead atoms. The van der Waals surface area contributed by atoms with Crippen LogP contribution in [0.25, 0.3) is 11.4 Å². The van der Waals surface area contributed by atoms with Gasteiger partial charge >= 0.3 is 5.97 Å². The molecule has 1 fully saturated rings. The number of hydrogen-bond donors (Lipinski definition) is 2. The van der Waals surface area contributed by atoms with Gasteiger partial charge in [0, 0.05) is 12.2 Å². The Morgan fingerprint density at radius 1 is 1.38 bits per heavy atom. The Morgan fingerprint density at radius 3 is 2.86 bits per heavy atom. The van der Waals surface area contributed by atoms with Crippen molar-refractivity contribution in [2.24, 2.45) is 0 Å². The topological polar surface area (TPSA) is 75.2 Å². The van der Waals surface area contributed by atoms with Gasteiger partial charge in [0.15, 0.2) is 0 Å². The fourth-order valence-corrected chi connectivity index (χ4v) is 2.80. The average Bonchev–Trinajstić information content (AvgIpc) is 3.09. The van der Waals surface area contributed by atoms with Crippen molar-refractivity contribution in [1.82, 2.24) is 9.97 Å². The number of nitrogens with zero attached hydrogens (tertiary/aromatic N) is 1. The van der Waals surface area contributed by atoms with Crippen LogP contribution in [-0.2, 0) is 4.74 Å². The van der Waals surface area contributed by atoms with Crippen LogP contribution in [0, 0.1) is 13.8 Å². The molecule has 0 spiro atoms. The molecule has 2 N–H and O–H groups in total. The predicted molar refractivity (Wildman–Crippen MR) is 78.4 cm³/mol. The summed E-state index contributed by atoms with van der Waals surface area (Å²) in [5, 5.41) is 9.26. The zero-order valence-electron chi connectivity index (χ0n) is 12.1. The molecule has 2 heterocycles. The summed E-state index contributed by atoms with van der Waals surface area (Å²) in [6.45, 7) is 4.55. The molecule has 2 aromatic rings. The summed E-state index contributed by atoms with van der Waals surface area (Å²) in [5.74, 6) is -0.222. The molecule has 0 aliphatic carbocycles. The van der Waals surface area contributed by atoms with E-state index in [9.17, 15) is 9.90 Å². The van der Waals surface area contributed by atoms with Gasteiger partial charge in [-0.2, -0.15) is 0 Å². The lowest BCUT2D eigenvalue weighted by Crippen LogP contribution is -2.02. The van der Waals surface area contributed by atoms with E-state index in [-0.39, 0.29) is 6.10 Å². The van der Waals surface area contributed by atoms with E-state index in [0.717, 1.165) is 41.8 Å². The SMILES string of the molecule is Cc1cc(C)c(-c2ncc(C3CCCO3)[nH]2)cc1C(=O)O. The fourth-order valence-electron chi connectivity index (χ4n) is 2.80. The van der Waals surface area contributed by atoms with Gasteiger partial charge in [-0.25, -0.2) is 9.78 Å². The van der Waals surface area contributed by atoms with E-state index in [2.05, 4.69) is 9.97 Å². The number of H-pyrrole nitrogens is 1. The summed E-state index contributed by atoms with van der Waals surface area (Å²) >= 11 is 0. The van der Waals surface area contributed by atoms with Crippen molar-refractivity contribution >= 4 is 5.97 Å². The number of benzene rings is 1. The molecule has 1 aromatic heterocycles. The molecule has 1 aliphatic heterocycles. The number of carbonyl (C=O) groups is 1. The highest BCUT2D eigenvalue weighted by Gasteiger charge is 2.21. The van der Waals surface area contributed by atoms with Crippen molar-refractivity contribution in [3.8, 4) is 11.4 Å². The van der Waals surface area contributed by atoms with Gasteiger partial charge < -0.3 is 14.8 Å². The van der Waals surface area contributed by atoms with E-state index in [0.29, 0.717) is 11.4 Å². The molecule has 110 valence electrons. The molecular formula is C16H18N2O3. The van der Waals surface area contributed by atoms with Gasteiger partial charge in [-0.3, -0.25) is 0 Å². The number of carboxylic acids is 1. The molecule has 0 radical (unpaired) electrons. The van der Waals surface area contributed by atoms with Gasteiger partial charge in [0.25, 0.3) is 0 Å². The highest BCUT2D eigenvalue weighted by atomic mass is 16.5. The molecule has 1 unspecified atom stereocenters. The van der Waals surface area contributed by atoms with E-state index in [4.69, 9.17) is 4.74 Å². The number of aromatic carboxylic acids is 1. The maximum atomic E-state index is 11.3. The second-order valence-electron chi connectivity index (χ2n) is 5.48. The monoisotopic (exact) mass is 286 g/mol. The van der Waals surface area contributed by atoms with E-state index in [1.807, 2.05) is 13.0 Å². The van der Waals surface area contributed by atoms with E-state index < -0.39 is 5.97 Å². The average molecular weight is 286 g/mol. The highest BCUT2D eigenvalue weighted by Crippen LogP contribution is 2.30. The van der Waals surface area contributed by atoms with Gasteiger partial charge in [-0.15, -0.1) is 0 Å². The van der Waals surface area contributed by atoms with Crippen LogP contribution in [0.5, 0.6) is 0 Å². The van der Waals surface area contributed by atoms with Crippen LogP contribution in [0.15, 0.2) is 18.3 Å². The number of aromatic amines is 1. The van der Waals surface area contributed by atoms with E-state index in [1.54, 1.807) is 19.2 Å². The zero-order valence-corrected chi connectivity index (χ0v) is 12.1. The first kappa shape index (κ1) is 13.8. The minimum absolute atomic E-state index is 0.0796. The van der Waals surface area contributed by atoms with Crippen LogP contribution in [0.2, 0.25) is 0 Å². The van der Waals surface area contributed by atoms with Crippen molar-refractivity contribution in [3.63, 3.8) is 0 Å². The minimum atomic E-state index is -0.917. The second-order valence-corrected chi connectivity index (χ2v) is 5.48. The van der Waals surface area contributed by atoms with Crippen LogP contribution in [0.1, 0.15) is 46.1 Å². The Kier molecular flexibility index (Phi) is 3.51. The van der Waals surface area contributed by atoms with E-state index in [1.165, 1.54) is 0 Å². The normalized spacial score (nSPS) is 18.1. The van der Waals surface area contributed by atoms with Gasteiger partial charge in [-0.1, -0.05) is 6.07 Å².